The van der Waals surface area contributed by atoms with Crippen LogP contribution in [-0.4, -0.2) is 26.1 Å². The monoisotopic (exact) mass is 278 g/mol. The van der Waals surface area contributed by atoms with Gasteiger partial charge in [-0.2, -0.15) is 0 Å². The lowest BCUT2D eigenvalue weighted by molar-refractivity contribution is -0.131. The minimum absolute atomic E-state index is 0.0555. The van der Waals surface area contributed by atoms with Gasteiger partial charge in [-0.3, -0.25) is 4.79 Å². The lowest BCUT2D eigenvalue weighted by Crippen LogP contribution is -2.45. The highest BCUT2D eigenvalue weighted by atomic mass is 16.5. The van der Waals surface area contributed by atoms with Crippen LogP contribution < -0.4 is 15.8 Å². The number of nitrogens with two attached hydrogens (primary N) is 1. The number of carbonyl (C=O) groups is 1. The SMILES string of the molecule is CCC(CC)(CN)C(=O)NCCc1ccccc1OC. The van der Waals surface area contributed by atoms with Crippen LogP contribution in [0.25, 0.3) is 0 Å². The summed E-state index contributed by atoms with van der Waals surface area (Å²) in [5.41, 5.74) is 6.45. The molecule has 0 aliphatic carbocycles. The molecule has 1 aromatic rings. The van der Waals surface area contributed by atoms with E-state index in [0.29, 0.717) is 13.1 Å². The fourth-order valence-corrected chi connectivity index (χ4v) is 2.36. The molecular weight excluding hydrogens is 252 g/mol. The minimum atomic E-state index is -0.430. The summed E-state index contributed by atoms with van der Waals surface area (Å²) in [4.78, 5) is 12.3. The van der Waals surface area contributed by atoms with Crippen molar-refractivity contribution >= 4 is 5.91 Å². The van der Waals surface area contributed by atoms with Crippen molar-refractivity contribution in [1.82, 2.24) is 5.32 Å². The van der Waals surface area contributed by atoms with Gasteiger partial charge in [0.15, 0.2) is 0 Å². The Hall–Kier alpha value is -1.55. The van der Waals surface area contributed by atoms with Crippen molar-refractivity contribution in [3.05, 3.63) is 29.8 Å². The largest absolute Gasteiger partial charge is 0.496 e. The van der Waals surface area contributed by atoms with Gasteiger partial charge in [0.25, 0.3) is 0 Å². The maximum atomic E-state index is 12.3. The van der Waals surface area contributed by atoms with E-state index in [4.69, 9.17) is 10.5 Å². The summed E-state index contributed by atoms with van der Waals surface area (Å²) in [6, 6.07) is 7.86. The molecular formula is C16H26N2O2. The second-order valence-corrected chi connectivity index (χ2v) is 5.01. The van der Waals surface area contributed by atoms with Crippen LogP contribution in [-0.2, 0) is 11.2 Å². The summed E-state index contributed by atoms with van der Waals surface area (Å²) in [7, 11) is 1.66. The molecule has 0 radical (unpaired) electrons. The fraction of sp³-hybridized carbons (Fsp3) is 0.562. The molecule has 0 unspecified atom stereocenters. The Kier molecular flexibility index (Phi) is 6.52. The summed E-state index contributed by atoms with van der Waals surface area (Å²) in [5, 5.41) is 3.00. The first-order chi connectivity index (χ1) is 9.63. The molecule has 0 aliphatic heterocycles. The molecule has 0 saturated carbocycles. The number of methoxy groups -OCH3 is 1. The first-order valence-electron chi connectivity index (χ1n) is 7.23. The normalized spacial score (nSPS) is 11.2. The lowest BCUT2D eigenvalue weighted by Gasteiger charge is -2.28. The second-order valence-electron chi connectivity index (χ2n) is 5.01. The van der Waals surface area contributed by atoms with Crippen molar-refractivity contribution in [3.8, 4) is 5.75 Å². The predicted octanol–water partition coefficient (Wildman–Crippen LogP) is 2.12. The molecule has 4 nitrogen and oxygen atoms in total. The molecule has 0 fully saturated rings. The van der Waals surface area contributed by atoms with Crippen LogP contribution >= 0.6 is 0 Å². The molecule has 112 valence electrons. The summed E-state index contributed by atoms with van der Waals surface area (Å²) < 4.78 is 5.30. The number of rotatable bonds is 8. The Balaban J connectivity index is 2.57. The van der Waals surface area contributed by atoms with E-state index in [1.165, 1.54) is 0 Å². The van der Waals surface area contributed by atoms with E-state index in [-0.39, 0.29) is 5.91 Å². The molecule has 0 spiro atoms. The van der Waals surface area contributed by atoms with Crippen molar-refractivity contribution in [2.75, 3.05) is 20.2 Å². The first-order valence-corrected chi connectivity index (χ1v) is 7.23. The van der Waals surface area contributed by atoms with Crippen molar-refractivity contribution in [1.29, 1.82) is 0 Å². The third-order valence-electron chi connectivity index (χ3n) is 4.10. The van der Waals surface area contributed by atoms with Crippen LogP contribution in [0.1, 0.15) is 32.3 Å². The second kappa shape index (κ2) is 7.90. The number of hydrogen-bond acceptors (Lipinski definition) is 3. The molecule has 4 heteroatoms. The summed E-state index contributed by atoms with van der Waals surface area (Å²) in [6.45, 7) is 5.01. The zero-order valence-corrected chi connectivity index (χ0v) is 12.7. The van der Waals surface area contributed by atoms with Crippen LogP contribution in [0.2, 0.25) is 0 Å². The van der Waals surface area contributed by atoms with E-state index in [1.807, 2.05) is 38.1 Å². The van der Waals surface area contributed by atoms with Crippen LogP contribution in [0.15, 0.2) is 24.3 Å². The average molecular weight is 278 g/mol. The van der Waals surface area contributed by atoms with Gasteiger partial charge >= 0.3 is 0 Å². The van der Waals surface area contributed by atoms with Gasteiger partial charge in [0.1, 0.15) is 5.75 Å². The molecule has 0 bridgehead atoms. The Labute approximate surface area is 121 Å². The molecule has 20 heavy (non-hydrogen) atoms. The molecule has 1 amide bonds. The summed E-state index contributed by atoms with van der Waals surface area (Å²) in [5.74, 6) is 0.915. The van der Waals surface area contributed by atoms with E-state index in [1.54, 1.807) is 7.11 Å². The average Bonchev–Trinajstić information content (AvgIpc) is 2.50. The van der Waals surface area contributed by atoms with Crippen molar-refractivity contribution < 1.29 is 9.53 Å². The molecule has 0 aromatic heterocycles. The molecule has 0 atom stereocenters. The van der Waals surface area contributed by atoms with Gasteiger partial charge in [0.2, 0.25) is 5.91 Å². The number of carbonyl (C=O) groups excluding carboxylic acids is 1. The van der Waals surface area contributed by atoms with Crippen molar-refractivity contribution in [3.63, 3.8) is 0 Å². The molecule has 1 rings (SSSR count). The molecule has 0 heterocycles. The van der Waals surface area contributed by atoms with Gasteiger partial charge < -0.3 is 15.8 Å². The Morgan fingerprint density at radius 2 is 1.95 bits per heavy atom. The first kappa shape index (κ1) is 16.5. The van der Waals surface area contributed by atoms with E-state index < -0.39 is 5.41 Å². The predicted molar refractivity (Wildman–Crippen MR) is 81.8 cm³/mol. The number of para-hydroxylation sites is 1. The number of nitrogens with one attached hydrogen (secondary N) is 1. The third-order valence-corrected chi connectivity index (χ3v) is 4.10. The Bertz CT molecular complexity index is 420. The van der Waals surface area contributed by atoms with E-state index >= 15 is 0 Å². The summed E-state index contributed by atoms with van der Waals surface area (Å²) >= 11 is 0. The lowest BCUT2D eigenvalue weighted by atomic mass is 9.81. The molecule has 0 saturated heterocycles. The number of benzene rings is 1. The molecule has 1 aromatic carbocycles. The highest BCUT2D eigenvalue weighted by molar-refractivity contribution is 5.82. The van der Waals surface area contributed by atoms with Gasteiger partial charge in [-0.15, -0.1) is 0 Å². The van der Waals surface area contributed by atoms with Crippen molar-refractivity contribution in [2.24, 2.45) is 11.1 Å². The Morgan fingerprint density at radius 1 is 1.30 bits per heavy atom. The zero-order valence-electron chi connectivity index (χ0n) is 12.7. The van der Waals surface area contributed by atoms with Gasteiger partial charge in [-0.1, -0.05) is 32.0 Å². The number of ether oxygens (including phenoxy) is 1. The fourth-order valence-electron chi connectivity index (χ4n) is 2.36. The quantitative estimate of drug-likeness (QED) is 0.765. The third kappa shape index (κ3) is 3.73. The van der Waals surface area contributed by atoms with Crippen molar-refractivity contribution in [2.45, 2.75) is 33.1 Å². The van der Waals surface area contributed by atoms with Gasteiger partial charge in [-0.25, -0.2) is 0 Å². The maximum Gasteiger partial charge on any atom is 0.227 e. The van der Waals surface area contributed by atoms with Crippen LogP contribution in [0.3, 0.4) is 0 Å². The maximum absolute atomic E-state index is 12.3. The van der Waals surface area contributed by atoms with E-state index in [0.717, 1.165) is 30.6 Å². The summed E-state index contributed by atoms with van der Waals surface area (Å²) in [6.07, 6.45) is 2.28. The van der Waals surface area contributed by atoms with Crippen LogP contribution in [0.5, 0.6) is 5.75 Å². The topological polar surface area (TPSA) is 64.4 Å². The molecule has 3 N–H and O–H groups in total. The smallest absolute Gasteiger partial charge is 0.227 e. The highest BCUT2D eigenvalue weighted by Crippen LogP contribution is 2.25. The minimum Gasteiger partial charge on any atom is -0.496 e. The van der Waals surface area contributed by atoms with E-state index in [9.17, 15) is 4.79 Å². The van der Waals surface area contributed by atoms with Gasteiger partial charge in [0, 0.05) is 13.1 Å². The highest BCUT2D eigenvalue weighted by Gasteiger charge is 2.32. The number of amides is 1. The Morgan fingerprint density at radius 3 is 2.50 bits per heavy atom. The van der Waals surface area contributed by atoms with Crippen LogP contribution in [0, 0.1) is 5.41 Å². The molecule has 0 aliphatic rings. The zero-order chi connectivity index (χ0) is 15.0. The van der Waals surface area contributed by atoms with Crippen LogP contribution in [0.4, 0.5) is 0 Å². The standard InChI is InChI=1S/C16H26N2O2/c1-4-16(5-2,12-17)15(19)18-11-10-13-8-6-7-9-14(13)20-3/h6-9H,4-5,10-12,17H2,1-3H3,(H,18,19). The number of hydrogen-bond donors (Lipinski definition) is 2. The van der Waals surface area contributed by atoms with Gasteiger partial charge in [-0.05, 0) is 30.9 Å². The van der Waals surface area contributed by atoms with Gasteiger partial charge in [0.05, 0.1) is 12.5 Å². The van der Waals surface area contributed by atoms with E-state index in [2.05, 4.69) is 5.32 Å².